The van der Waals surface area contributed by atoms with Crippen molar-refractivity contribution in [3.8, 4) is 5.69 Å². The van der Waals surface area contributed by atoms with Gasteiger partial charge in [0.25, 0.3) is 5.56 Å². The molecule has 1 atom stereocenters. The molecule has 4 rings (SSSR count). The summed E-state index contributed by atoms with van der Waals surface area (Å²) >= 11 is 4.99. The van der Waals surface area contributed by atoms with Crippen LogP contribution in [0.25, 0.3) is 5.69 Å². The first-order valence-electron chi connectivity index (χ1n) is 8.52. The lowest BCUT2D eigenvalue weighted by molar-refractivity contribution is -0.115. The van der Waals surface area contributed by atoms with E-state index in [0.29, 0.717) is 11.4 Å². The number of anilines is 1. The number of amides is 1. The van der Waals surface area contributed by atoms with Gasteiger partial charge >= 0.3 is 0 Å². The molecule has 1 aliphatic rings. The van der Waals surface area contributed by atoms with E-state index in [4.69, 9.17) is 0 Å². The normalized spacial score (nSPS) is 16.9. The molecule has 1 aliphatic heterocycles. The summed E-state index contributed by atoms with van der Waals surface area (Å²) < 4.78 is 4.40. The van der Waals surface area contributed by atoms with Crippen LogP contribution in [0.2, 0.25) is 0 Å². The molecule has 138 valence electrons. The molecule has 1 aromatic heterocycles. The van der Waals surface area contributed by atoms with Gasteiger partial charge in [0, 0.05) is 11.5 Å². The molecule has 2 aromatic carbocycles. The van der Waals surface area contributed by atoms with Crippen molar-refractivity contribution < 1.29 is 4.79 Å². The molecule has 0 aliphatic carbocycles. The van der Waals surface area contributed by atoms with Crippen LogP contribution < -0.4 is 10.5 Å². The third-order valence-electron chi connectivity index (χ3n) is 4.79. The number of hydrogen-bond acceptors (Lipinski definition) is 3. The van der Waals surface area contributed by atoms with Crippen LogP contribution in [0.1, 0.15) is 16.6 Å². The van der Waals surface area contributed by atoms with Gasteiger partial charge < -0.3 is 0 Å². The summed E-state index contributed by atoms with van der Waals surface area (Å²) in [7, 11) is 1.84. The molecule has 0 N–H and O–H groups in total. The van der Waals surface area contributed by atoms with Gasteiger partial charge in [-0.3, -0.25) is 19.2 Å². The predicted molar refractivity (Wildman–Crippen MR) is 113 cm³/mol. The lowest BCUT2D eigenvalue weighted by Gasteiger charge is -2.23. The monoisotopic (exact) mass is 443 g/mol. The van der Waals surface area contributed by atoms with Gasteiger partial charge in [0.05, 0.1) is 17.1 Å². The molecule has 27 heavy (non-hydrogen) atoms. The molecule has 7 heteroatoms. The maximum Gasteiger partial charge on any atom is 0.295 e. The van der Waals surface area contributed by atoms with E-state index in [1.54, 1.807) is 21.3 Å². The fourth-order valence-electron chi connectivity index (χ4n) is 3.37. The number of para-hydroxylation sites is 1. The highest BCUT2D eigenvalue weighted by atomic mass is 79.9. The summed E-state index contributed by atoms with van der Waals surface area (Å²) in [6, 6.07) is 17.4. The van der Waals surface area contributed by atoms with E-state index in [0.717, 1.165) is 21.4 Å². The van der Waals surface area contributed by atoms with E-state index in [2.05, 4.69) is 15.9 Å². The van der Waals surface area contributed by atoms with Crippen molar-refractivity contribution in [2.75, 3.05) is 10.7 Å². The third kappa shape index (κ3) is 3.04. The second-order valence-electron chi connectivity index (χ2n) is 6.39. The zero-order valence-electron chi connectivity index (χ0n) is 14.9. The van der Waals surface area contributed by atoms with Crippen LogP contribution in [-0.4, -0.2) is 21.0 Å². The van der Waals surface area contributed by atoms with Crippen molar-refractivity contribution in [1.82, 2.24) is 9.36 Å². The van der Waals surface area contributed by atoms with Crippen LogP contribution in [0.5, 0.6) is 0 Å². The molecule has 3 aromatic rings. The van der Waals surface area contributed by atoms with E-state index >= 15 is 0 Å². The fourth-order valence-corrected chi connectivity index (χ4v) is 4.80. The number of carbonyl (C=O) groups is 1. The Morgan fingerprint density at radius 3 is 2.37 bits per heavy atom. The molecule has 5 nitrogen and oxygen atoms in total. The smallest absolute Gasteiger partial charge is 0.288 e. The average molecular weight is 444 g/mol. The van der Waals surface area contributed by atoms with Crippen LogP contribution in [0.3, 0.4) is 0 Å². The molecule has 1 saturated heterocycles. The zero-order valence-corrected chi connectivity index (χ0v) is 17.3. The standard InChI is InChI=1S/C20H18BrN3O2S/c1-13-18(19(26)24(22(13)2)16-6-4-3-5-7-16)23-17(25)12-27-20(23)14-8-10-15(21)11-9-14/h3-11,20H,12H2,1-2H3/t20-/m0/s1. The van der Waals surface area contributed by atoms with Gasteiger partial charge in [-0.25, -0.2) is 4.68 Å². The lowest BCUT2D eigenvalue weighted by atomic mass is 10.2. The lowest BCUT2D eigenvalue weighted by Crippen LogP contribution is -2.33. The van der Waals surface area contributed by atoms with Crippen LogP contribution in [0.4, 0.5) is 5.69 Å². The number of halogens is 1. The van der Waals surface area contributed by atoms with E-state index in [9.17, 15) is 9.59 Å². The number of carbonyl (C=O) groups excluding carboxylic acids is 1. The Morgan fingerprint density at radius 2 is 1.70 bits per heavy atom. The van der Waals surface area contributed by atoms with Crippen molar-refractivity contribution in [2.45, 2.75) is 12.3 Å². The molecule has 1 amide bonds. The largest absolute Gasteiger partial charge is 0.295 e. The third-order valence-corrected chi connectivity index (χ3v) is 6.53. The van der Waals surface area contributed by atoms with Gasteiger partial charge in [0.15, 0.2) is 0 Å². The molecule has 1 fully saturated rings. The van der Waals surface area contributed by atoms with Gasteiger partial charge in [-0.15, -0.1) is 11.8 Å². The minimum Gasteiger partial charge on any atom is -0.288 e. The summed E-state index contributed by atoms with van der Waals surface area (Å²) in [6.07, 6.45) is 0. The van der Waals surface area contributed by atoms with Crippen LogP contribution in [0, 0.1) is 6.92 Å². The van der Waals surface area contributed by atoms with Crippen molar-refractivity contribution in [1.29, 1.82) is 0 Å². The Morgan fingerprint density at radius 1 is 1.04 bits per heavy atom. The number of nitrogens with zero attached hydrogens (tertiary/aromatic N) is 3. The number of benzene rings is 2. The second kappa shape index (κ2) is 7.05. The molecule has 0 bridgehead atoms. The summed E-state index contributed by atoms with van der Waals surface area (Å²) in [5.74, 6) is 0.318. The molecule has 0 saturated carbocycles. The molecule has 0 unspecified atom stereocenters. The Balaban J connectivity index is 1.86. The van der Waals surface area contributed by atoms with E-state index in [1.165, 1.54) is 0 Å². The minimum atomic E-state index is -0.205. The Hall–Kier alpha value is -2.25. The maximum absolute atomic E-state index is 13.3. The number of thioether (sulfide) groups is 1. The SMILES string of the molecule is Cc1c(N2C(=O)CS[C@H]2c2ccc(Br)cc2)c(=O)n(-c2ccccc2)n1C. The maximum atomic E-state index is 13.3. The second-order valence-corrected chi connectivity index (χ2v) is 8.37. The fraction of sp³-hybridized carbons (Fsp3) is 0.200. The van der Waals surface area contributed by atoms with Gasteiger partial charge in [0.1, 0.15) is 11.1 Å². The molecule has 0 spiro atoms. The van der Waals surface area contributed by atoms with E-state index < -0.39 is 0 Å². The molecular formula is C20H18BrN3O2S. The Kier molecular flexibility index (Phi) is 4.74. The van der Waals surface area contributed by atoms with Gasteiger partial charge in [-0.1, -0.05) is 46.3 Å². The van der Waals surface area contributed by atoms with Crippen molar-refractivity contribution >= 4 is 39.3 Å². The topological polar surface area (TPSA) is 47.2 Å². The van der Waals surface area contributed by atoms with Crippen LogP contribution in [-0.2, 0) is 11.8 Å². The minimum absolute atomic E-state index is 0.0427. The quantitative estimate of drug-likeness (QED) is 0.613. The zero-order chi connectivity index (χ0) is 19.1. The predicted octanol–water partition coefficient (Wildman–Crippen LogP) is 4.03. The van der Waals surface area contributed by atoms with E-state index in [-0.39, 0.29) is 16.8 Å². The van der Waals surface area contributed by atoms with Gasteiger partial charge in [-0.2, -0.15) is 0 Å². The van der Waals surface area contributed by atoms with Crippen LogP contribution in [0.15, 0.2) is 63.9 Å². The van der Waals surface area contributed by atoms with Crippen molar-refractivity contribution in [3.63, 3.8) is 0 Å². The molecule has 0 radical (unpaired) electrons. The summed E-state index contributed by atoms with van der Waals surface area (Å²) in [5, 5.41) is -0.205. The van der Waals surface area contributed by atoms with Gasteiger partial charge in [-0.05, 0) is 36.8 Å². The number of rotatable bonds is 3. The first kappa shape index (κ1) is 18.1. The summed E-state index contributed by atoms with van der Waals surface area (Å²) in [6.45, 7) is 1.88. The highest BCUT2D eigenvalue weighted by molar-refractivity contribution is 9.10. The molecule has 2 heterocycles. The number of hydrogen-bond donors (Lipinski definition) is 0. The van der Waals surface area contributed by atoms with Crippen molar-refractivity contribution in [3.05, 3.63) is 80.7 Å². The first-order valence-corrected chi connectivity index (χ1v) is 10.4. The summed E-state index contributed by atoms with van der Waals surface area (Å²) in [5.41, 5.74) is 2.81. The average Bonchev–Trinajstić information content (AvgIpc) is 3.14. The van der Waals surface area contributed by atoms with E-state index in [1.807, 2.05) is 73.3 Å². The van der Waals surface area contributed by atoms with Crippen molar-refractivity contribution in [2.24, 2.45) is 7.05 Å². The first-order chi connectivity index (χ1) is 13.0. The Labute approximate surface area is 169 Å². The number of aromatic nitrogens is 2. The highest BCUT2D eigenvalue weighted by Gasteiger charge is 2.38. The highest BCUT2D eigenvalue weighted by Crippen LogP contribution is 2.42. The van der Waals surface area contributed by atoms with Gasteiger partial charge in [0.2, 0.25) is 5.91 Å². The summed E-state index contributed by atoms with van der Waals surface area (Å²) in [4.78, 5) is 27.7. The van der Waals surface area contributed by atoms with Crippen LogP contribution >= 0.6 is 27.7 Å². The molecular weight excluding hydrogens is 426 g/mol. The Bertz CT molecular complexity index is 1060.